The molecular formula is C13H25NO2. The molecule has 0 aromatic carbocycles. The third-order valence-corrected chi connectivity index (χ3v) is 3.18. The first kappa shape index (κ1) is 13.5. The third kappa shape index (κ3) is 3.48. The number of carbonyl (C=O) groups is 1. The van der Waals surface area contributed by atoms with Crippen LogP contribution >= 0.6 is 0 Å². The first-order chi connectivity index (χ1) is 7.60. The van der Waals surface area contributed by atoms with E-state index in [9.17, 15) is 4.79 Å². The molecule has 3 heteroatoms. The van der Waals surface area contributed by atoms with E-state index in [2.05, 4.69) is 26.1 Å². The first-order valence-electron chi connectivity index (χ1n) is 6.48. The van der Waals surface area contributed by atoms with Crippen LogP contribution in [0.2, 0.25) is 0 Å². The highest BCUT2D eigenvalue weighted by Gasteiger charge is 2.40. The summed E-state index contributed by atoms with van der Waals surface area (Å²) >= 11 is 0. The summed E-state index contributed by atoms with van der Waals surface area (Å²) in [6.07, 6.45) is 4.04. The molecule has 0 spiro atoms. The summed E-state index contributed by atoms with van der Waals surface area (Å²) in [4.78, 5) is 12.2. The molecule has 0 aromatic rings. The summed E-state index contributed by atoms with van der Waals surface area (Å²) in [6.45, 7) is 8.63. The second kappa shape index (κ2) is 6.24. The Labute approximate surface area is 98.9 Å². The number of ether oxygens (including phenoxy) is 1. The van der Waals surface area contributed by atoms with Gasteiger partial charge < -0.3 is 10.1 Å². The lowest BCUT2D eigenvalue weighted by Gasteiger charge is -2.35. The van der Waals surface area contributed by atoms with Crippen LogP contribution in [-0.4, -0.2) is 25.7 Å². The van der Waals surface area contributed by atoms with Crippen molar-refractivity contribution in [2.75, 3.05) is 19.7 Å². The monoisotopic (exact) mass is 227 g/mol. The van der Waals surface area contributed by atoms with E-state index in [1.54, 1.807) is 0 Å². The largest absolute Gasteiger partial charge is 0.465 e. The molecule has 1 saturated heterocycles. The van der Waals surface area contributed by atoms with Crippen LogP contribution in [0.5, 0.6) is 0 Å². The molecule has 16 heavy (non-hydrogen) atoms. The van der Waals surface area contributed by atoms with Crippen LogP contribution in [0.1, 0.15) is 46.5 Å². The van der Waals surface area contributed by atoms with Gasteiger partial charge in [-0.15, -0.1) is 0 Å². The molecule has 1 atom stereocenters. The lowest BCUT2D eigenvalue weighted by molar-refractivity contribution is -0.158. The number of rotatable bonds is 5. The van der Waals surface area contributed by atoms with Crippen molar-refractivity contribution in [3.8, 4) is 0 Å². The topological polar surface area (TPSA) is 38.3 Å². The summed E-state index contributed by atoms with van der Waals surface area (Å²) in [7, 11) is 0. The van der Waals surface area contributed by atoms with Gasteiger partial charge in [0.2, 0.25) is 0 Å². The maximum Gasteiger partial charge on any atom is 0.313 e. The Morgan fingerprint density at radius 1 is 1.50 bits per heavy atom. The molecule has 0 amide bonds. The molecule has 0 radical (unpaired) electrons. The van der Waals surface area contributed by atoms with Gasteiger partial charge in [-0.05, 0) is 31.7 Å². The second-order valence-electron chi connectivity index (χ2n) is 5.30. The Bertz CT molecular complexity index is 214. The Morgan fingerprint density at radius 2 is 2.25 bits per heavy atom. The predicted octanol–water partition coefficient (Wildman–Crippen LogP) is 2.36. The van der Waals surface area contributed by atoms with Crippen LogP contribution in [-0.2, 0) is 9.53 Å². The van der Waals surface area contributed by atoms with Crippen molar-refractivity contribution in [3.05, 3.63) is 0 Å². The number of carbonyl (C=O) groups excluding carboxylic acids is 1. The van der Waals surface area contributed by atoms with Gasteiger partial charge >= 0.3 is 5.97 Å². The molecule has 0 aliphatic carbocycles. The highest BCUT2D eigenvalue weighted by molar-refractivity contribution is 5.77. The molecule has 1 rings (SSSR count). The van der Waals surface area contributed by atoms with E-state index in [4.69, 9.17) is 4.74 Å². The van der Waals surface area contributed by atoms with Crippen LogP contribution in [0.25, 0.3) is 0 Å². The zero-order valence-corrected chi connectivity index (χ0v) is 10.8. The summed E-state index contributed by atoms with van der Waals surface area (Å²) in [5, 5.41) is 3.33. The molecule has 3 nitrogen and oxygen atoms in total. The average Bonchev–Trinajstić information content (AvgIpc) is 2.27. The summed E-state index contributed by atoms with van der Waals surface area (Å²) in [6, 6.07) is 0. The van der Waals surface area contributed by atoms with Crippen molar-refractivity contribution in [2.24, 2.45) is 11.3 Å². The van der Waals surface area contributed by atoms with Crippen molar-refractivity contribution >= 4 is 5.97 Å². The van der Waals surface area contributed by atoms with E-state index in [0.29, 0.717) is 12.5 Å². The third-order valence-electron chi connectivity index (χ3n) is 3.18. The van der Waals surface area contributed by atoms with Crippen LogP contribution in [0.15, 0.2) is 0 Å². The molecule has 1 N–H and O–H groups in total. The van der Waals surface area contributed by atoms with E-state index >= 15 is 0 Å². The van der Waals surface area contributed by atoms with Gasteiger partial charge in [0.15, 0.2) is 0 Å². The first-order valence-corrected chi connectivity index (χ1v) is 6.48. The molecule has 1 unspecified atom stereocenters. The van der Waals surface area contributed by atoms with Crippen molar-refractivity contribution in [1.82, 2.24) is 5.32 Å². The van der Waals surface area contributed by atoms with Crippen LogP contribution in [0.3, 0.4) is 0 Å². The molecule has 0 aromatic heterocycles. The Morgan fingerprint density at radius 3 is 2.75 bits per heavy atom. The van der Waals surface area contributed by atoms with Crippen molar-refractivity contribution in [1.29, 1.82) is 0 Å². The number of esters is 1. The fourth-order valence-electron chi connectivity index (χ4n) is 2.33. The van der Waals surface area contributed by atoms with Crippen molar-refractivity contribution in [3.63, 3.8) is 0 Å². The minimum Gasteiger partial charge on any atom is -0.465 e. The predicted molar refractivity (Wildman–Crippen MR) is 65.2 cm³/mol. The van der Waals surface area contributed by atoms with Gasteiger partial charge in [0.25, 0.3) is 0 Å². The quantitative estimate of drug-likeness (QED) is 0.733. The number of hydrogen-bond acceptors (Lipinski definition) is 3. The van der Waals surface area contributed by atoms with Gasteiger partial charge in [-0.1, -0.05) is 27.2 Å². The molecular weight excluding hydrogens is 202 g/mol. The molecule has 94 valence electrons. The SMILES string of the molecule is CCCC1(C(=O)OCC(C)C)CCCNC1. The summed E-state index contributed by atoms with van der Waals surface area (Å²) in [5.74, 6) is 0.425. The normalized spacial score (nSPS) is 25.8. The molecule has 0 saturated carbocycles. The highest BCUT2D eigenvalue weighted by Crippen LogP contribution is 2.33. The van der Waals surface area contributed by atoms with E-state index < -0.39 is 0 Å². The Hall–Kier alpha value is -0.570. The minimum atomic E-state index is -0.248. The van der Waals surface area contributed by atoms with Gasteiger partial charge in [0.05, 0.1) is 12.0 Å². The number of nitrogens with one attached hydrogen (secondary N) is 1. The maximum absolute atomic E-state index is 12.2. The van der Waals surface area contributed by atoms with Gasteiger partial charge in [0.1, 0.15) is 0 Å². The molecule has 1 aliphatic heterocycles. The Balaban J connectivity index is 2.57. The van der Waals surface area contributed by atoms with Crippen LogP contribution < -0.4 is 5.32 Å². The lowest BCUT2D eigenvalue weighted by Crippen LogP contribution is -2.46. The maximum atomic E-state index is 12.2. The van der Waals surface area contributed by atoms with E-state index in [0.717, 1.165) is 38.8 Å². The van der Waals surface area contributed by atoms with E-state index in [1.807, 2.05) is 0 Å². The standard InChI is InChI=1S/C13H25NO2/c1-4-6-13(7-5-8-14-10-13)12(15)16-9-11(2)3/h11,14H,4-10H2,1-3H3. The fourth-order valence-corrected chi connectivity index (χ4v) is 2.33. The summed E-state index contributed by atoms with van der Waals surface area (Å²) in [5.41, 5.74) is -0.248. The number of hydrogen-bond donors (Lipinski definition) is 1. The molecule has 1 aliphatic rings. The average molecular weight is 227 g/mol. The van der Waals surface area contributed by atoms with E-state index in [-0.39, 0.29) is 11.4 Å². The van der Waals surface area contributed by atoms with Gasteiger partial charge in [-0.2, -0.15) is 0 Å². The number of piperidine rings is 1. The van der Waals surface area contributed by atoms with Gasteiger partial charge in [-0.3, -0.25) is 4.79 Å². The fraction of sp³-hybridized carbons (Fsp3) is 0.923. The molecule has 1 heterocycles. The summed E-state index contributed by atoms with van der Waals surface area (Å²) < 4.78 is 5.42. The second-order valence-corrected chi connectivity index (χ2v) is 5.30. The van der Waals surface area contributed by atoms with Crippen LogP contribution in [0, 0.1) is 11.3 Å². The van der Waals surface area contributed by atoms with Crippen molar-refractivity contribution < 1.29 is 9.53 Å². The lowest BCUT2D eigenvalue weighted by atomic mass is 9.77. The van der Waals surface area contributed by atoms with E-state index in [1.165, 1.54) is 0 Å². The Kier molecular flexibility index (Phi) is 5.26. The van der Waals surface area contributed by atoms with Gasteiger partial charge in [-0.25, -0.2) is 0 Å². The smallest absolute Gasteiger partial charge is 0.313 e. The minimum absolute atomic E-state index is 0.00949. The zero-order chi connectivity index (χ0) is 12.0. The zero-order valence-electron chi connectivity index (χ0n) is 10.8. The van der Waals surface area contributed by atoms with Gasteiger partial charge in [0, 0.05) is 6.54 Å². The highest BCUT2D eigenvalue weighted by atomic mass is 16.5. The molecule has 0 bridgehead atoms. The van der Waals surface area contributed by atoms with Crippen molar-refractivity contribution in [2.45, 2.75) is 46.5 Å². The molecule has 1 fully saturated rings. The van der Waals surface area contributed by atoms with Crippen LogP contribution in [0.4, 0.5) is 0 Å².